The highest BCUT2D eigenvalue weighted by molar-refractivity contribution is 8.14. The first kappa shape index (κ1) is 17.7. The minimum Gasteiger partial charge on any atom is -0.287 e. The normalized spacial score (nSPS) is 19.1. The molecule has 1 saturated heterocycles. The summed E-state index contributed by atoms with van der Waals surface area (Å²) < 4.78 is 12.9. The van der Waals surface area contributed by atoms with E-state index in [0.717, 1.165) is 11.3 Å². The van der Waals surface area contributed by atoms with Crippen LogP contribution in [0, 0.1) is 5.82 Å². The van der Waals surface area contributed by atoms with Gasteiger partial charge in [0.25, 0.3) is 5.91 Å². The van der Waals surface area contributed by atoms with E-state index in [-0.39, 0.29) is 17.0 Å². The van der Waals surface area contributed by atoms with Gasteiger partial charge >= 0.3 is 0 Å². The zero-order valence-corrected chi connectivity index (χ0v) is 15.1. The predicted molar refractivity (Wildman–Crippen MR) is 103 cm³/mol. The lowest BCUT2D eigenvalue weighted by Gasteiger charge is -2.13. The summed E-state index contributed by atoms with van der Waals surface area (Å²) in [6, 6.07) is 13.2. The molecular formula is C19H16ClFN2OS. The molecule has 1 fully saturated rings. The zero-order valence-electron chi connectivity index (χ0n) is 13.5. The summed E-state index contributed by atoms with van der Waals surface area (Å²) in [4.78, 5) is 18.8. The Morgan fingerprint density at radius 2 is 1.92 bits per heavy atom. The number of hydrogen-bond acceptors (Lipinski definition) is 3. The van der Waals surface area contributed by atoms with Gasteiger partial charge in [0.15, 0.2) is 5.17 Å². The Morgan fingerprint density at radius 1 is 1.24 bits per heavy atom. The number of carbonyl (C=O) groups excluding carboxylic acids is 1. The number of halogens is 2. The van der Waals surface area contributed by atoms with Gasteiger partial charge < -0.3 is 0 Å². The Kier molecular flexibility index (Phi) is 5.56. The Labute approximate surface area is 155 Å². The molecular weight excluding hydrogens is 359 g/mol. The summed E-state index contributed by atoms with van der Waals surface area (Å²) >= 11 is 7.45. The van der Waals surface area contributed by atoms with Crippen LogP contribution in [0.15, 0.2) is 59.6 Å². The van der Waals surface area contributed by atoms with E-state index in [4.69, 9.17) is 11.6 Å². The molecule has 3 nitrogen and oxygen atoms in total. The van der Waals surface area contributed by atoms with Gasteiger partial charge in [-0.15, -0.1) is 0 Å². The molecule has 1 aliphatic rings. The van der Waals surface area contributed by atoms with Crippen LogP contribution in [-0.2, 0) is 4.79 Å². The first-order valence-electron chi connectivity index (χ1n) is 7.77. The van der Waals surface area contributed by atoms with Crippen molar-refractivity contribution in [1.29, 1.82) is 0 Å². The van der Waals surface area contributed by atoms with Gasteiger partial charge in [-0.3, -0.25) is 9.69 Å². The molecule has 25 heavy (non-hydrogen) atoms. The molecule has 0 unspecified atom stereocenters. The second-order valence-electron chi connectivity index (χ2n) is 5.63. The van der Waals surface area contributed by atoms with Crippen molar-refractivity contribution >= 4 is 46.2 Å². The van der Waals surface area contributed by atoms with Crippen molar-refractivity contribution in [2.75, 3.05) is 6.54 Å². The number of amidine groups is 1. The van der Waals surface area contributed by atoms with Crippen molar-refractivity contribution < 1.29 is 9.18 Å². The number of aliphatic imine (C=N–C) groups is 1. The molecule has 0 aromatic heterocycles. The van der Waals surface area contributed by atoms with Crippen LogP contribution in [0.5, 0.6) is 0 Å². The second-order valence-corrected chi connectivity index (χ2v) is 7.48. The van der Waals surface area contributed by atoms with Crippen LogP contribution in [-0.4, -0.2) is 27.8 Å². The van der Waals surface area contributed by atoms with E-state index < -0.39 is 0 Å². The number of rotatable bonds is 3. The number of thioether (sulfide) groups is 1. The molecule has 0 N–H and O–H groups in total. The first-order chi connectivity index (χ1) is 12.0. The average molecular weight is 375 g/mol. The molecule has 0 radical (unpaired) electrons. The molecule has 128 valence electrons. The van der Waals surface area contributed by atoms with Crippen LogP contribution < -0.4 is 0 Å². The fraction of sp³-hybridized carbons (Fsp3) is 0.158. The number of nitrogens with zero attached hydrogens (tertiary/aromatic N) is 2. The van der Waals surface area contributed by atoms with Crippen LogP contribution >= 0.6 is 23.4 Å². The maximum atomic E-state index is 12.9. The molecule has 3 rings (SSSR count). The minimum absolute atomic E-state index is 0.145. The van der Waals surface area contributed by atoms with E-state index in [9.17, 15) is 9.18 Å². The fourth-order valence-corrected chi connectivity index (χ4v) is 3.50. The largest absolute Gasteiger partial charge is 0.287 e. The van der Waals surface area contributed by atoms with Gasteiger partial charge in [0.1, 0.15) is 5.82 Å². The Morgan fingerprint density at radius 3 is 2.60 bits per heavy atom. The molecule has 0 saturated carbocycles. The smallest absolute Gasteiger partial charge is 0.252 e. The van der Waals surface area contributed by atoms with E-state index in [1.165, 1.54) is 18.2 Å². The van der Waals surface area contributed by atoms with Gasteiger partial charge in [0, 0.05) is 22.9 Å². The molecule has 1 atom stereocenters. The fourth-order valence-electron chi connectivity index (χ4n) is 2.34. The summed E-state index contributed by atoms with van der Waals surface area (Å²) in [7, 11) is 0. The van der Waals surface area contributed by atoms with E-state index in [0.29, 0.717) is 16.7 Å². The molecule has 0 spiro atoms. The number of hydrogen-bond donors (Lipinski definition) is 0. The summed E-state index contributed by atoms with van der Waals surface area (Å²) in [6.45, 7) is 2.66. The van der Waals surface area contributed by atoms with Crippen molar-refractivity contribution in [3.05, 3.63) is 71.0 Å². The van der Waals surface area contributed by atoms with Crippen LogP contribution in [0.4, 0.5) is 10.1 Å². The highest BCUT2D eigenvalue weighted by atomic mass is 35.5. The summed E-state index contributed by atoms with van der Waals surface area (Å²) in [5, 5.41) is 1.59. The Bertz CT molecular complexity index is 818. The third kappa shape index (κ3) is 4.71. The molecule has 0 bridgehead atoms. The number of amides is 1. The molecule has 2 aromatic rings. The number of benzene rings is 2. The average Bonchev–Trinajstić information content (AvgIpc) is 2.96. The zero-order chi connectivity index (χ0) is 17.8. The van der Waals surface area contributed by atoms with Crippen molar-refractivity contribution in [1.82, 2.24) is 4.90 Å². The van der Waals surface area contributed by atoms with Gasteiger partial charge in [-0.2, -0.15) is 0 Å². The first-order valence-corrected chi connectivity index (χ1v) is 9.03. The van der Waals surface area contributed by atoms with Crippen LogP contribution in [0.3, 0.4) is 0 Å². The maximum Gasteiger partial charge on any atom is 0.252 e. The van der Waals surface area contributed by atoms with E-state index in [2.05, 4.69) is 11.9 Å². The van der Waals surface area contributed by atoms with Crippen LogP contribution in [0.2, 0.25) is 5.02 Å². The SMILES string of the molecule is C[C@H]1CN(C(=O)/C=C/c2ccc(F)cc2)C(=Nc2ccc(Cl)cc2)S1. The molecule has 1 amide bonds. The van der Waals surface area contributed by atoms with E-state index >= 15 is 0 Å². The van der Waals surface area contributed by atoms with Gasteiger partial charge in [0.05, 0.1) is 5.69 Å². The Balaban J connectivity index is 1.77. The van der Waals surface area contributed by atoms with E-state index in [1.807, 2.05) is 12.1 Å². The predicted octanol–water partition coefficient (Wildman–Crippen LogP) is 5.14. The lowest BCUT2D eigenvalue weighted by atomic mass is 10.2. The summed E-state index contributed by atoms with van der Waals surface area (Å²) in [5.41, 5.74) is 1.52. The molecule has 6 heteroatoms. The molecule has 1 heterocycles. The van der Waals surface area contributed by atoms with Crippen molar-refractivity contribution in [2.24, 2.45) is 4.99 Å². The second kappa shape index (κ2) is 7.85. The van der Waals surface area contributed by atoms with Crippen LogP contribution in [0.1, 0.15) is 12.5 Å². The van der Waals surface area contributed by atoms with Gasteiger partial charge in [0.2, 0.25) is 0 Å². The van der Waals surface area contributed by atoms with Crippen molar-refractivity contribution in [3.63, 3.8) is 0 Å². The summed E-state index contributed by atoms with van der Waals surface area (Å²) in [5.74, 6) is -0.445. The van der Waals surface area contributed by atoms with E-state index in [1.54, 1.807) is 47.0 Å². The highest BCUT2D eigenvalue weighted by Gasteiger charge is 2.29. The van der Waals surface area contributed by atoms with Gasteiger partial charge in [-0.1, -0.05) is 42.4 Å². The summed E-state index contributed by atoms with van der Waals surface area (Å²) in [6.07, 6.45) is 3.17. The maximum absolute atomic E-state index is 12.9. The molecule has 1 aliphatic heterocycles. The lowest BCUT2D eigenvalue weighted by molar-refractivity contribution is -0.122. The van der Waals surface area contributed by atoms with Gasteiger partial charge in [-0.25, -0.2) is 9.38 Å². The minimum atomic E-state index is -0.300. The monoisotopic (exact) mass is 374 g/mol. The standard InChI is InChI=1S/C19H16ClFN2OS/c1-13-12-23(18(24)11-4-14-2-7-16(21)8-3-14)19(25-13)22-17-9-5-15(20)6-10-17/h2-11,13H,12H2,1H3/b11-4+,22-19?/t13-/m0/s1. The Hall–Kier alpha value is -2.11. The van der Waals surface area contributed by atoms with Crippen molar-refractivity contribution in [3.8, 4) is 0 Å². The van der Waals surface area contributed by atoms with Crippen LogP contribution in [0.25, 0.3) is 6.08 Å². The van der Waals surface area contributed by atoms with Gasteiger partial charge in [-0.05, 0) is 48.0 Å². The third-order valence-electron chi connectivity index (χ3n) is 3.58. The molecule has 0 aliphatic carbocycles. The quantitative estimate of drug-likeness (QED) is 0.696. The third-order valence-corrected chi connectivity index (χ3v) is 4.91. The molecule has 2 aromatic carbocycles. The lowest BCUT2D eigenvalue weighted by Crippen LogP contribution is -2.30. The number of carbonyl (C=O) groups is 1. The highest BCUT2D eigenvalue weighted by Crippen LogP contribution is 2.29. The van der Waals surface area contributed by atoms with Crippen molar-refractivity contribution in [2.45, 2.75) is 12.2 Å². The topological polar surface area (TPSA) is 32.7 Å².